The second kappa shape index (κ2) is 12.9. The fraction of sp³-hybridized carbons (Fsp3) is 0.455. The zero-order chi connectivity index (χ0) is 26.0. The lowest BCUT2D eigenvalue weighted by Gasteiger charge is -2.21. The highest BCUT2D eigenvalue weighted by Gasteiger charge is 2.24. The number of nitrogens with zero attached hydrogens (tertiary/aromatic N) is 1. The van der Waals surface area contributed by atoms with Crippen LogP contribution in [0.1, 0.15) is 49.3 Å². The third kappa shape index (κ3) is 9.31. The summed E-state index contributed by atoms with van der Waals surface area (Å²) >= 11 is 0. The van der Waals surface area contributed by atoms with Gasteiger partial charge in [0.05, 0.1) is 19.0 Å². The number of fused-ring (bicyclic) bond motifs is 2. The van der Waals surface area contributed by atoms with E-state index in [1.165, 1.54) is 0 Å². The number of rotatable bonds is 6. The van der Waals surface area contributed by atoms with Gasteiger partial charge in [-0.15, -0.1) is 0 Å². The lowest BCUT2D eigenvalue weighted by Crippen LogP contribution is -2.49. The van der Waals surface area contributed by atoms with Crippen molar-refractivity contribution in [3.63, 3.8) is 0 Å². The molecule has 0 aromatic heterocycles. The first-order valence-electron chi connectivity index (χ1n) is 11.1. The zero-order valence-electron chi connectivity index (χ0n) is 19.4. The number of amides is 4. The van der Waals surface area contributed by atoms with E-state index < -0.39 is 54.6 Å². The maximum atomic E-state index is 12.7. The van der Waals surface area contributed by atoms with Crippen LogP contribution in [0.2, 0.25) is 0 Å². The molecule has 0 aliphatic carbocycles. The quantitative estimate of drug-likeness (QED) is 0.149. The highest BCUT2D eigenvalue weighted by Crippen LogP contribution is 2.24. The summed E-state index contributed by atoms with van der Waals surface area (Å²) in [5.74, 6) is -3.40. The van der Waals surface area contributed by atoms with Crippen molar-refractivity contribution in [3.8, 4) is 0 Å². The molecule has 1 aromatic carbocycles. The minimum Gasteiger partial charge on any atom is -0.481 e. The van der Waals surface area contributed by atoms with Crippen molar-refractivity contribution in [3.05, 3.63) is 29.3 Å². The first-order chi connectivity index (χ1) is 16.5. The molecule has 0 fully saturated rings. The first-order valence-corrected chi connectivity index (χ1v) is 11.1. The SMILES string of the molecule is Cc1ccc2cc1NC(=O)CCC(=O)N[C@@H](CCCN=C(N)N)C(=O)NCC(=O)N[C@H]2CC(=O)O. The number of aliphatic imine (C=N–C) groups is 1. The molecule has 1 heterocycles. The summed E-state index contributed by atoms with van der Waals surface area (Å²) in [4.78, 5) is 65.2. The number of carbonyl (C=O) groups excluding carboxylic acids is 4. The van der Waals surface area contributed by atoms with Gasteiger partial charge in [-0.1, -0.05) is 12.1 Å². The van der Waals surface area contributed by atoms with Crippen LogP contribution in [0.4, 0.5) is 5.69 Å². The van der Waals surface area contributed by atoms with Gasteiger partial charge in [-0.25, -0.2) is 0 Å². The van der Waals surface area contributed by atoms with Crippen LogP contribution < -0.4 is 32.7 Å². The topological polar surface area (TPSA) is 218 Å². The van der Waals surface area contributed by atoms with Crippen molar-refractivity contribution in [1.29, 1.82) is 0 Å². The molecule has 13 nitrogen and oxygen atoms in total. The molecule has 9 N–H and O–H groups in total. The second-order valence-electron chi connectivity index (χ2n) is 8.13. The van der Waals surface area contributed by atoms with E-state index >= 15 is 0 Å². The summed E-state index contributed by atoms with van der Waals surface area (Å²) in [6.07, 6.45) is -0.137. The molecule has 190 valence electrons. The van der Waals surface area contributed by atoms with Gasteiger partial charge in [0.25, 0.3) is 0 Å². The fourth-order valence-corrected chi connectivity index (χ4v) is 3.43. The van der Waals surface area contributed by atoms with Crippen molar-refractivity contribution in [2.24, 2.45) is 16.5 Å². The molecule has 0 saturated heterocycles. The van der Waals surface area contributed by atoms with Gasteiger partial charge >= 0.3 is 5.97 Å². The maximum Gasteiger partial charge on any atom is 0.305 e. The van der Waals surface area contributed by atoms with Gasteiger partial charge in [0.1, 0.15) is 6.04 Å². The van der Waals surface area contributed by atoms with E-state index in [0.717, 1.165) is 5.56 Å². The number of carboxylic acids is 1. The predicted octanol–water partition coefficient (Wildman–Crippen LogP) is -0.986. The molecule has 4 amide bonds. The van der Waals surface area contributed by atoms with E-state index in [0.29, 0.717) is 17.7 Å². The third-order valence-electron chi connectivity index (χ3n) is 5.25. The number of benzene rings is 1. The molecule has 2 atom stereocenters. The average molecular weight is 490 g/mol. The van der Waals surface area contributed by atoms with E-state index in [-0.39, 0.29) is 31.8 Å². The van der Waals surface area contributed by atoms with Crippen molar-refractivity contribution in [1.82, 2.24) is 16.0 Å². The molecule has 0 radical (unpaired) electrons. The summed E-state index contributed by atoms with van der Waals surface area (Å²) in [5, 5.41) is 19.6. The molecular formula is C22H31N7O6. The number of aliphatic carboxylic acids is 1. The second-order valence-corrected chi connectivity index (χ2v) is 8.13. The van der Waals surface area contributed by atoms with Gasteiger partial charge in [-0.2, -0.15) is 0 Å². The Balaban J connectivity index is 2.26. The molecule has 1 aliphatic heterocycles. The Morgan fingerprint density at radius 1 is 1.06 bits per heavy atom. The van der Waals surface area contributed by atoms with Crippen LogP contribution in [0.5, 0.6) is 0 Å². The van der Waals surface area contributed by atoms with Crippen LogP contribution in [0.25, 0.3) is 0 Å². The van der Waals surface area contributed by atoms with Crippen molar-refractivity contribution in [2.45, 2.75) is 51.1 Å². The molecule has 2 bridgehead atoms. The number of carboxylic acid groups (broad SMARTS) is 1. The Morgan fingerprint density at radius 2 is 1.74 bits per heavy atom. The van der Waals surface area contributed by atoms with Gasteiger partial charge in [0, 0.05) is 25.1 Å². The van der Waals surface area contributed by atoms with Gasteiger partial charge in [0.15, 0.2) is 5.96 Å². The van der Waals surface area contributed by atoms with E-state index in [9.17, 15) is 29.1 Å². The smallest absolute Gasteiger partial charge is 0.305 e. The Morgan fingerprint density at radius 3 is 2.43 bits per heavy atom. The van der Waals surface area contributed by atoms with E-state index in [2.05, 4.69) is 26.3 Å². The Labute approximate surface area is 202 Å². The molecule has 35 heavy (non-hydrogen) atoms. The first kappa shape index (κ1) is 27.1. The summed E-state index contributed by atoms with van der Waals surface area (Å²) in [6, 6.07) is 3.05. The Kier molecular flexibility index (Phi) is 9.99. The number of aryl methyl sites for hydroxylation is 1. The average Bonchev–Trinajstić information content (AvgIpc) is 2.78. The van der Waals surface area contributed by atoms with E-state index in [4.69, 9.17) is 11.5 Å². The molecular weight excluding hydrogens is 458 g/mol. The van der Waals surface area contributed by atoms with Crippen molar-refractivity contribution < 1.29 is 29.1 Å². The Bertz CT molecular complexity index is 1010. The zero-order valence-corrected chi connectivity index (χ0v) is 19.4. The van der Waals surface area contributed by atoms with Gasteiger partial charge in [0.2, 0.25) is 23.6 Å². The lowest BCUT2D eigenvalue weighted by molar-refractivity contribution is -0.138. The third-order valence-corrected chi connectivity index (χ3v) is 5.25. The molecule has 0 spiro atoms. The number of carbonyl (C=O) groups is 5. The van der Waals surface area contributed by atoms with Gasteiger partial charge in [-0.05, 0) is 37.0 Å². The normalized spacial score (nSPS) is 19.6. The minimum absolute atomic E-state index is 0.102. The monoisotopic (exact) mass is 489 g/mol. The number of nitrogens with one attached hydrogen (secondary N) is 4. The number of guanidine groups is 1. The number of anilines is 1. The lowest BCUT2D eigenvalue weighted by atomic mass is 10.0. The van der Waals surface area contributed by atoms with Gasteiger partial charge in [-0.3, -0.25) is 29.0 Å². The van der Waals surface area contributed by atoms with Crippen LogP contribution >= 0.6 is 0 Å². The predicted molar refractivity (Wildman–Crippen MR) is 127 cm³/mol. The molecule has 13 heteroatoms. The highest BCUT2D eigenvalue weighted by atomic mass is 16.4. The van der Waals surface area contributed by atoms with Gasteiger partial charge < -0.3 is 37.8 Å². The van der Waals surface area contributed by atoms with Crippen LogP contribution in [0, 0.1) is 6.92 Å². The van der Waals surface area contributed by atoms with Crippen LogP contribution in [-0.2, 0) is 24.0 Å². The molecule has 1 aromatic rings. The minimum atomic E-state index is -1.14. The summed E-state index contributed by atoms with van der Waals surface area (Å²) in [6.45, 7) is 1.57. The van der Waals surface area contributed by atoms with Crippen LogP contribution in [0.15, 0.2) is 23.2 Å². The molecule has 1 aliphatic rings. The largest absolute Gasteiger partial charge is 0.481 e. The highest BCUT2D eigenvalue weighted by molar-refractivity contribution is 5.95. The van der Waals surface area contributed by atoms with E-state index in [1.54, 1.807) is 25.1 Å². The Hall–Kier alpha value is -4.16. The molecule has 0 unspecified atom stereocenters. The van der Waals surface area contributed by atoms with Crippen LogP contribution in [-0.4, -0.2) is 59.8 Å². The summed E-state index contributed by atoms with van der Waals surface area (Å²) in [5.41, 5.74) is 12.2. The summed E-state index contributed by atoms with van der Waals surface area (Å²) in [7, 11) is 0. The summed E-state index contributed by atoms with van der Waals surface area (Å²) < 4.78 is 0. The maximum absolute atomic E-state index is 12.7. The standard InChI is InChI=1S/C22H31N7O6/c1-12-4-5-13-9-15(12)28-18(31)7-6-17(30)27-14(3-2-8-25-22(23)24)21(35)26-11-19(32)29-16(13)10-20(33)34/h4-5,9,14,16H,2-3,6-8,10-11H2,1H3,(H,26,35)(H,27,30)(H,28,31)(H,29,32)(H,33,34)(H4,23,24,25)/t14-,16-/m0/s1. The number of nitrogens with two attached hydrogens (primary N) is 2. The van der Waals surface area contributed by atoms with Crippen LogP contribution in [0.3, 0.4) is 0 Å². The van der Waals surface area contributed by atoms with E-state index in [1.807, 2.05) is 0 Å². The molecule has 2 rings (SSSR count). The fourth-order valence-electron chi connectivity index (χ4n) is 3.43. The number of hydrogen-bond donors (Lipinski definition) is 7. The van der Waals surface area contributed by atoms with Crippen molar-refractivity contribution in [2.75, 3.05) is 18.4 Å². The number of hydrogen-bond acceptors (Lipinski definition) is 6. The van der Waals surface area contributed by atoms with Crippen molar-refractivity contribution >= 4 is 41.2 Å². The molecule has 0 saturated carbocycles.